The molecule has 144 valence electrons. The predicted molar refractivity (Wildman–Crippen MR) is 109 cm³/mol. The van der Waals surface area contributed by atoms with E-state index in [-0.39, 0.29) is 23.5 Å². The number of hydrogen-bond donors (Lipinski definition) is 0. The molecule has 2 aromatic carbocycles. The minimum Gasteiger partial charge on any atom is -0.330 e. The van der Waals surface area contributed by atoms with Gasteiger partial charge in [-0.15, -0.1) is 0 Å². The lowest BCUT2D eigenvalue weighted by molar-refractivity contribution is 0.0681. The maximum absolute atomic E-state index is 13.1. The fraction of sp³-hybridized carbons (Fsp3) is 0.381. The van der Waals surface area contributed by atoms with Crippen molar-refractivity contribution >= 4 is 27.3 Å². The van der Waals surface area contributed by atoms with Gasteiger partial charge in [-0.2, -0.15) is 0 Å². The summed E-state index contributed by atoms with van der Waals surface area (Å²) in [4.78, 5) is 14.8. The second-order valence-electron chi connectivity index (χ2n) is 7.40. The molecule has 1 saturated heterocycles. The number of rotatable bonds is 5. The Hall–Kier alpha value is -1.85. The van der Waals surface area contributed by atoms with E-state index in [1.165, 1.54) is 5.56 Å². The van der Waals surface area contributed by atoms with Gasteiger partial charge in [0.15, 0.2) is 9.84 Å². The zero-order valence-electron chi connectivity index (χ0n) is 15.6. The quantitative estimate of drug-likeness (QED) is 0.745. The monoisotopic (exact) mass is 405 g/mol. The normalized spacial score (nSPS) is 18.6. The summed E-state index contributed by atoms with van der Waals surface area (Å²) in [7, 11) is -3.09. The Morgan fingerprint density at radius 2 is 1.89 bits per heavy atom. The summed E-state index contributed by atoms with van der Waals surface area (Å²) in [6.45, 7) is 4.64. The molecule has 0 N–H and O–H groups in total. The molecular formula is C21H24ClNO3S. The van der Waals surface area contributed by atoms with Crippen molar-refractivity contribution in [3.63, 3.8) is 0 Å². The highest BCUT2D eigenvalue weighted by molar-refractivity contribution is 7.91. The molecule has 1 aliphatic rings. The number of carbonyl (C=O) groups excluding carboxylic acids is 1. The molecule has 0 bridgehead atoms. The maximum Gasteiger partial charge on any atom is 0.254 e. The molecular weight excluding hydrogens is 382 g/mol. The molecule has 0 unspecified atom stereocenters. The van der Waals surface area contributed by atoms with Crippen molar-refractivity contribution in [3.8, 4) is 0 Å². The second-order valence-corrected chi connectivity index (χ2v) is 10.1. The fourth-order valence-corrected chi connectivity index (χ4v) is 5.30. The Labute approximate surface area is 166 Å². The van der Waals surface area contributed by atoms with Gasteiger partial charge in [-0.3, -0.25) is 4.79 Å². The Morgan fingerprint density at radius 3 is 2.44 bits per heavy atom. The maximum atomic E-state index is 13.1. The van der Waals surface area contributed by atoms with E-state index in [9.17, 15) is 13.2 Å². The van der Waals surface area contributed by atoms with Crippen LogP contribution in [0.25, 0.3) is 0 Å². The van der Waals surface area contributed by atoms with Crippen LogP contribution >= 0.6 is 11.6 Å². The van der Waals surface area contributed by atoms with Gasteiger partial charge in [0.25, 0.3) is 5.91 Å². The summed E-state index contributed by atoms with van der Waals surface area (Å²) >= 11 is 6.04. The molecule has 1 heterocycles. The van der Waals surface area contributed by atoms with Gasteiger partial charge in [0.1, 0.15) is 0 Å². The van der Waals surface area contributed by atoms with E-state index in [1.807, 2.05) is 12.1 Å². The van der Waals surface area contributed by atoms with Gasteiger partial charge in [-0.25, -0.2) is 8.42 Å². The van der Waals surface area contributed by atoms with E-state index in [4.69, 9.17) is 11.6 Å². The molecule has 0 aromatic heterocycles. The third-order valence-corrected chi connectivity index (χ3v) is 6.97. The first kappa shape index (κ1) is 19.9. The Balaban J connectivity index is 1.89. The standard InChI is InChI=1S/C21H24ClNO3S/c1-15(2)17-8-6-16(7-9-17)13-23(20-10-11-27(25,26)14-20)21(24)18-4-3-5-19(22)12-18/h3-9,12,15,20H,10-11,13-14H2,1-2H3/t20-/m0/s1. The van der Waals surface area contributed by atoms with E-state index in [1.54, 1.807) is 29.2 Å². The topological polar surface area (TPSA) is 54.5 Å². The first-order valence-electron chi connectivity index (χ1n) is 9.11. The lowest BCUT2D eigenvalue weighted by Crippen LogP contribution is -2.40. The van der Waals surface area contributed by atoms with Gasteiger partial charge in [0.05, 0.1) is 11.5 Å². The SMILES string of the molecule is CC(C)c1ccc(CN(C(=O)c2cccc(Cl)c2)[C@H]2CCS(=O)(=O)C2)cc1. The Bertz CT molecular complexity index is 923. The lowest BCUT2D eigenvalue weighted by atomic mass is 10.0. The van der Waals surface area contributed by atoms with Crippen molar-refractivity contribution in [2.45, 2.75) is 38.8 Å². The number of amides is 1. The van der Waals surface area contributed by atoms with Crippen LogP contribution < -0.4 is 0 Å². The zero-order valence-corrected chi connectivity index (χ0v) is 17.1. The van der Waals surface area contributed by atoms with Crippen LogP contribution in [0.4, 0.5) is 0 Å². The second kappa shape index (κ2) is 8.03. The predicted octanol–water partition coefficient (Wildman–Crippen LogP) is 4.29. The summed E-state index contributed by atoms with van der Waals surface area (Å²) < 4.78 is 23.9. The molecule has 1 atom stereocenters. The third-order valence-electron chi connectivity index (χ3n) is 4.98. The molecule has 0 saturated carbocycles. The summed E-state index contributed by atoms with van der Waals surface area (Å²) in [5.74, 6) is 0.392. The van der Waals surface area contributed by atoms with E-state index in [0.717, 1.165) is 5.56 Å². The molecule has 1 amide bonds. The largest absolute Gasteiger partial charge is 0.330 e. The van der Waals surface area contributed by atoms with Crippen LogP contribution in [0.5, 0.6) is 0 Å². The number of sulfone groups is 1. The number of hydrogen-bond acceptors (Lipinski definition) is 3. The van der Waals surface area contributed by atoms with Crippen molar-refractivity contribution in [2.24, 2.45) is 0 Å². The molecule has 27 heavy (non-hydrogen) atoms. The molecule has 6 heteroatoms. The third kappa shape index (κ3) is 4.90. The number of benzene rings is 2. The number of nitrogens with zero attached hydrogens (tertiary/aromatic N) is 1. The van der Waals surface area contributed by atoms with Crippen molar-refractivity contribution in [3.05, 3.63) is 70.2 Å². The molecule has 0 aliphatic carbocycles. The van der Waals surface area contributed by atoms with Gasteiger partial charge in [-0.1, -0.05) is 55.8 Å². The van der Waals surface area contributed by atoms with Gasteiger partial charge in [0, 0.05) is 23.2 Å². The lowest BCUT2D eigenvalue weighted by Gasteiger charge is -2.29. The Kier molecular flexibility index (Phi) is 5.92. The van der Waals surface area contributed by atoms with E-state index in [0.29, 0.717) is 29.5 Å². The smallest absolute Gasteiger partial charge is 0.254 e. The molecule has 1 aliphatic heterocycles. The Morgan fingerprint density at radius 1 is 1.19 bits per heavy atom. The van der Waals surface area contributed by atoms with Crippen LogP contribution in [-0.4, -0.2) is 36.8 Å². The number of halogens is 1. The fourth-order valence-electron chi connectivity index (χ4n) is 3.38. The highest BCUT2D eigenvalue weighted by Gasteiger charge is 2.35. The van der Waals surface area contributed by atoms with Gasteiger partial charge < -0.3 is 4.90 Å². The van der Waals surface area contributed by atoms with Crippen molar-refractivity contribution in [2.75, 3.05) is 11.5 Å². The summed E-state index contributed by atoms with van der Waals surface area (Å²) in [5.41, 5.74) is 2.69. The zero-order chi connectivity index (χ0) is 19.6. The van der Waals surface area contributed by atoms with E-state index < -0.39 is 9.84 Å². The van der Waals surface area contributed by atoms with Crippen LogP contribution in [0.1, 0.15) is 47.7 Å². The summed E-state index contributed by atoms with van der Waals surface area (Å²) in [6.07, 6.45) is 0.471. The molecule has 0 radical (unpaired) electrons. The van der Waals surface area contributed by atoms with Gasteiger partial charge in [0.2, 0.25) is 0 Å². The first-order chi connectivity index (χ1) is 12.7. The molecule has 2 aromatic rings. The molecule has 3 rings (SSSR count). The van der Waals surface area contributed by atoms with Gasteiger partial charge >= 0.3 is 0 Å². The van der Waals surface area contributed by atoms with Crippen molar-refractivity contribution in [1.82, 2.24) is 4.90 Å². The van der Waals surface area contributed by atoms with Crippen LogP contribution in [0, 0.1) is 0 Å². The molecule has 0 spiro atoms. The number of carbonyl (C=O) groups is 1. The van der Waals surface area contributed by atoms with Gasteiger partial charge in [-0.05, 0) is 41.7 Å². The summed E-state index contributed by atoms with van der Waals surface area (Å²) in [5, 5.41) is 0.487. The highest BCUT2D eigenvalue weighted by Crippen LogP contribution is 2.24. The van der Waals surface area contributed by atoms with Crippen molar-refractivity contribution in [1.29, 1.82) is 0 Å². The van der Waals surface area contributed by atoms with Crippen LogP contribution in [-0.2, 0) is 16.4 Å². The van der Waals surface area contributed by atoms with Crippen LogP contribution in [0.2, 0.25) is 5.02 Å². The summed E-state index contributed by atoms with van der Waals surface area (Å²) in [6, 6.07) is 14.6. The molecule has 1 fully saturated rings. The molecule has 4 nitrogen and oxygen atoms in total. The first-order valence-corrected chi connectivity index (χ1v) is 11.3. The van der Waals surface area contributed by atoms with E-state index in [2.05, 4.69) is 26.0 Å². The minimum atomic E-state index is -3.09. The van der Waals surface area contributed by atoms with Crippen LogP contribution in [0.15, 0.2) is 48.5 Å². The van der Waals surface area contributed by atoms with E-state index >= 15 is 0 Å². The van der Waals surface area contributed by atoms with Crippen LogP contribution in [0.3, 0.4) is 0 Å². The average Bonchev–Trinajstić information content (AvgIpc) is 2.99. The average molecular weight is 406 g/mol. The highest BCUT2D eigenvalue weighted by atomic mass is 35.5. The minimum absolute atomic E-state index is 0.0172. The van der Waals surface area contributed by atoms with Crippen molar-refractivity contribution < 1.29 is 13.2 Å².